The van der Waals surface area contributed by atoms with Crippen molar-refractivity contribution in [2.75, 3.05) is 11.9 Å². The molecule has 5 nitrogen and oxygen atoms in total. The predicted molar refractivity (Wildman–Crippen MR) is 126 cm³/mol. The van der Waals surface area contributed by atoms with Crippen molar-refractivity contribution in [1.29, 1.82) is 0 Å². The number of rotatable bonds is 10. The molecule has 2 aromatic carbocycles. The van der Waals surface area contributed by atoms with Crippen LogP contribution < -0.4 is 10.1 Å². The Kier molecular flexibility index (Phi) is 8.20. The van der Waals surface area contributed by atoms with E-state index < -0.39 is 0 Å². The molecule has 0 saturated carbocycles. The minimum absolute atomic E-state index is 0.0779. The highest BCUT2D eigenvalue weighted by Crippen LogP contribution is 2.33. The van der Waals surface area contributed by atoms with Crippen LogP contribution in [-0.2, 0) is 11.2 Å². The summed E-state index contributed by atoms with van der Waals surface area (Å²) in [6, 6.07) is 14.5. The number of hydrogen-bond acceptors (Lipinski definition) is 5. The molecular weight excluding hydrogens is 432 g/mol. The lowest BCUT2D eigenvalue weighted by Crippen LogP contribution is -2.13. The van der Waals surface area contributed by atoms with E-state index in [1.54, 1.807) is 24.3 Å². The topological polar surface area (TPSA) is 68.3 Å². The second-order valence-corrected chi connectivity index (χ2v) is 8.50. The number of Topliss-reactive ketones (excluding diaryl/α,β-unsaturated/α-hetero) is 1. The van der Waals surface area contributed by atoms with E-state index in [-0.39, 0.29) is 24.5 Å². The highest BCUT2D eigenvalue weighted by Gasteiger charge is 2.16. The molecule has 1 amide bonds. The maximum Gasteiger partial charge on any atom is 0.226 e. The van der Waals surface area contributed by atoms with Crippen molar-refractivity contribution in [3.63, 3.8) is 0 Å². The van der Waals surface area contributed by atoms with Gasteiger partial charge in [-0.05, 0) is 49.7 Å². The third-order valence-electron chi connectivity index (χ3n) is 4.60. The highest BCUT2D eigenvalue weighted by molar-refractivity contribution is 7.16. The zero-order valence-corrected chi connectivity index (χ0v) is 19.2. The van der Waals surface area contributed by atoms with Gasteiger partial charge in [0.05, 0.1) is 12.3 Å². The molecule has 3 rings (SSSR count). The summed E-state index contributed by atoms with van der Waals surface area (Å²) in [6.07, 6.45) is 2.09. The van der Waals surface area contributed by atoms with Crippen LogP contribution >= 0.6 is 22.9 Å². The van der Waals surface area contributed by atoms with E-state index >= 15 is 0 Å². The fraction of sp³-hybridized carbons (Fsp3) is 0.292. The first-order chi connectivity index (χ1) is 15.0. The summed E-state index contributed by atoms with van der Waals surface area (Å²) >= 11 is 7.47. The minimum Gasteiger partial charge on any atom is -0.494 e. The summed E-state index contributed by atoms with van der Waals surface area (Å²) in [7, 11) is 0. The van der Waals surface area contributed by atoms with Gasteiger partial charge in [-0.15, -0.1) is 11.3 Å². The zero-order chi connectivity index (χ0) is 22.2. The van der Waals surface area contributed by atoms with Gasteiger partial charge in [-0.1, -0.05) is 37.1 Å². The van der Waals surface area contributed by atoms with Crippen molar-refractivity contribution < 1.29 is 14.3 Å². The van der Waals surface area contributed by atoms with E-state index in [2.05, 4.69) is 17.2 Å². The van der Waals surface area contributed by atoms with Gasteiger partial charge in [0.15, 0.2) is 10.9 Å². The van der Waals surface area contributed by atoms with Gasteiger partial charge < -0.3 is 10.1 Å². The summed E-state index contributed by atoms with van der Waals surface area (Å²) in [5, 5.41) is 4.06. The van der Waals surface area contributed by atoms with E-state index in [0.29, 0.717) is 22.3 Å². The van der Waals surface area contributed by atoms with Gasteiger partial charge in [0.25, 0.3) is 0 Å². The van der Waals surface area contributed by atoms with E-state index in [1.807, 2.05) is 31.2 Å². The third kappa shape index (κ3) is 6.39. The Labute approximate surface area is 191 Å². The van der Waals surface area contributed by atoms with Crippen LogP contribution in [0.15, 0.2) is 48.5 Å². The number of ketones is 1. The number of aromatic nitrogens is 1. The number of hydrogen-bond donors (Lipinski definition) is 1. The van der Waals surface area contributed by atoms with Crippen LogP contribution in [0.2, 0.25) is 5.02 Å². The average molecular weight is 457 g/mol. The maximum atomic E-state index is 12.4. The molecule has 1 heterocycles. The zero-order valence-electron chi connectivity index (χ0n) is 17.6. The quantitative estimate of drug-likeness (QED) is 0.357. The van der Waals surface area contributed by atoms with Crippen molar-refractivity contribution in [3.05, 3.63) is 64.0 Å². The number of benzene rings is 2. The van der Waals surface area contributed by atoms with Crippen LogP contribution in [0.1, 0.15) is 48.3 Å². The van der Waals surface area contributed by atoms with Crippen molar-refractivity contribution in [3.8, 4) is 17.0 Å². The van der Waals surface area contributed by atoms with Gasteiger partial charge in [0.1, 0.15) is 5.75 Å². The van der Waals surface area contributed by atoms with Crippen molar-refractivity contribution in [2.45, 2.75) is 39.5 Å². The van der Waals surface area contributed by atoms with E-state index in [1.165, 1.54) is 11.3 Å². The third-order valence-corrected chi connectivity index (χ3v) is 5.89. The van der Waals surface area contributed by atoms with E-state index in [9.17, 15) is 9.59 Å². The number of halogens is 1. The second-order valence-electron chi connectivity index (χ2n) is 6.98. The Bertz CT molecular complexity index is 1030. The lowest BCUT2D eigenvalue weighted by atomic mass is 10.1. The SMILES string of the molecule is CCCc1sc(NC(=O)CCC(=O)c2ccc(OCC)cc2)nc1-c1ccc(Cl)cc1. The molecule has 0 fully saturated rings. The highest BCUT2D eigenvalue weighted by atomic mass is 35.5. The summed E-state index contributed by atoms with van der Waals surface area (Å²) in [4.78, 5) is 30.5. The number of anilines is 1. The number of ether oxygens (including phenoxy) is 1. The standard InChI is InChI=1S/C24H25ClN2O3S/c1-3-5-21-23(17-6-10-18(25)11-7-17)27-24(31-21)26-22(29)15-14-20(28)16-8-12-19(13-9-16)30-4-2/h6-13H,3-5,14-15H2,1-2H3,(H,26,27,29). The molecule has 0 unspecified atom stereocenters. The number of thiazole rings is 1. The van der Waals surface area contributed by atoms with E-state index in [4.69, 9.17) is 16.3 Å². The van der Waals surface area contributed by atoms with Gasteiger partial charge in [0.2, 0.25) is 5.91 Å². The fourth-order valence-electron chi connectivity index (χ4n) is 3.09. The van der Waals surface area contributed by atoms with Crippen LogP contribution in [0.3, 0.4) is 0 Å². The Morgan fingerprint density at radius 2 is 1.74 bits per heavy atom. The molecule has 0 spiro atoms. The molecular formula is C24H25ClN2O3S. The Balaban J connectivity index is 1.61. The summed E-state index contributed by atoms with van der Waals surface area (Å²) in [5.41, 5.74) is 2.40. The Morgan fingerprint density at radius 1 is 1.03 bits per heavy atom. The molecule has 3 aromatic rings. The number of carbonyl (C=O) groups is 2. The van der Waals surface area contributed by atoms with Crippen LogP contribution in [-0.4, -0.2) is 23.3 Å². The Morgan fingerprint density at radius 3 is 2.39 bits per heavy atom. The molecule has 7 heteroatoms. The number of nitrogens with zero attached hydrogens (tertiary/aromatic N) is 1. The van der Waals surface area contributed by atoms with Crippen molar-refractivity contribution in [2.24, 2.45) is 0 Å². The maximum absolute atomic E-state index is 12.4. The molecule has 0 aliphatic carbocycles. The van der Waals surface area contributed by atoms with Gasteiger partial charge in [-0.25, -0.2) is 4.98 Å². The van der Waals surface area contributed by atoms with Crippen molar-refractivity contribution >= 4 is 39.8 Å². The molecule has 162 valence electrons. The number of carbonyl (C=O) groups excluding carboxylic acids is 2. The lowest BCUT2D eigenvalue weighted by molar-refractivity contribution is -0.116. The fourth-order valence-corrected chi connectivity index (χ4v) is 4.32. The number of nitrogens with one attached hydrogen (secondary N) is 1. The largest absolute Gasteiger partial charge is 0.494 e. The normalized spacial score (nSPS) is 10.7. The predicted octanol–water partition coefficient (Wildman–Crippen LogP) is 6.42. The molecule has 1 aromatic heterocycles. The first-order valence-electron chi connectivity index (χ1n) is 10.3. The molecule has 0 aliphatic rings. The van der Waals surface area contributed by atoms with Gasteiger partial charge in [-0.3, -0.25) is 9.59 Å². The molecule has 0 atom stereocenters. The minimum atomic E-state index is -0.223. The second kappa shape index (κ2) is 11.1. The smallest absolute Gasteiger partial charge is 0.226 e. The Hall–Kier alpha value is -2.70. The van der Waals surface area contributed by atoms with Gasteiger partial charge >= 0.3 is 0 Å². The summed E-state index contributed by atoms with van der Waals surface area (Å²) in [5.74, 6) is 0.421. The first-order valence-corrected chi connectivity index (χ1v) is 11.5. The molecule has 0 bridgehead atoms. The monoisotopic (exact) mass is 456 g/mol. The lowest BCUT2D eigenvalue weighted by Gasteiger charge is -2.05. The summed E-state index contributed by atoms with van der Waals surface area (Å²) < 4.78 is 5.38. The molecule has 31 heavy (non-hydrogen) atoms. The molecule has 0 saturated heterocycles. The van der Waals surface area contributed by atoms with Gasteiger partial charge in [-0.2, -0.15) is 0 Å². The van der Waals surface area contributed by atoms with E-state index in [0.717, 1.165) is 34.7 Å². The van der Waals surface area contributed by atoms with Crippen LogP contribution in [0, 0.1) is 0 Å². The summed E-state index contributed by atoms with van der Waals surface area (Å²) in [6.45, 7) is 4.59. The number of amides is 1. The molecule has 1 N–H and O–H groups in total. The molecule has 0 radical (unpaired) electrons. The van der Waals surface area contributed by atoms with Crippen LogP contribution in [0.4, 0.5) is 5.13 Å². The van der Waals surface area contributed by atoms with Crippen LogP contribution in [0.5, 0.6) is 5.75 Å². The van der Waals surface area contributed by atoms with Crippen LogP contribution in [0.25, 0.3) is 11.3 Å². The van der Waals surface area contributed by atoms with Gasteiger partial charge in [0, 0.05) is 33.9 Å². The first kappa shape index (κ1) is 23.0. The number of aryl methyl sites for hydroxylation is 1. The van der Waals surface area contributed by atoms with Crippen molar-refractivity contribution in [1.82, 2.24) is 4.98 Å². The molecule has 0 aliphatic heterocycles. The average Bonchev–Trinajstić information content (AvgIpc) is 3.15.